The summed E-state index contributed by atoms with van der Waals surface area (Å²) in [4.78, 5) is 14.1. The molecule has 0 bridgehead atoms. The zero-order valence-electron chi connectivity index (χ0n) is 11.5. The normalized spacial score (nSPS) is 25.6. The molecule has 1 unspecified atom stereocenters. The van der Waals surface area contributed by atoms with Crippen molar-refractivity contribution in [2.45, 2.75) is 45.1 Å². The van der Waals surface area contributed by atoms with Gasteiger partial charge in [-0.15, -0.1) is 0 Å². The van der Waals surface area contributed by atoms with E-state index in [1.807, 2.05) is 4.90 Å². The van der Waals surface area contributed by atoms with Gasteiger partial charge in [0.25, 0.3) is 0 Å². The summed E-state index contributed by atoms with van der Waals surface area (Å²) in [7, 11) is 0. The first kappa shape index (κ1) is 13.8. The minimum atomic E-state index is 0.192. The molecule has 0 aromatic rings. The molecule has 0 aromatic heterocycles. The minimum absolute atomic E-state index is 0.192. The highest BCUT2D eigenvalue weighted by Crippen LogP contribution is 2.20. The van der Waals surface area contributed by atoms with Crippen molar-refractivity contribution in [1.82, 2.24) is 10.2 Å². The van der Waals surface area contributed by atoms with Crippen molar-refractivity contribution in [2.24, 2.45) is 5.92 Å². The van der Waals surface area contributed by atoms with Crippen LogP contribution in [0.2, 0.25) is 0 Å². The molecule has 4 heteroatoms. The van der Waals surface area contributed by atoms with E-state index in [0.717, 1.165) is 64.4 Å². The van der Waals surface area contributed by atoms with Crippen molar-refractivity contribution in [3.8, 4) is 0 Å². The highest BCUT2D eigenvalue weighted by atomic mass is 16.5. The van der Waals surface area contributed by atoms with E-state index in [-0.39, 0.29) is 6.10 Å². The molecular formula is C14H26N2O2. The number of piperidine rings is 1. The van der Waals surface area contributed by atoms with Crippen LogP contribution < -0.4 is 5.32 Å². The average molecular weight is 254 g/mol. The number of nitrogens with one attached hydrogen (secondary N) is 1. The lowest BCUT2D eigenvalue weighted by molar-refractivity contribution is -0.134. The van der Waals surface area contributed by atoms with Crippen LogP contribution in [0, 0.1) is 5.92 Å². The summed E-state index contributed by atoms with van der Waals surface area (Å²) in [5.41, 5.74) is 0. The van der Waals surface area contributed by atoms with E-state index in [2.05, 4.69) is 12.2 Å². The zero-order valence-corrected chi connectivity index (χ0v) is 11.5. The van der Waals surface area contributed by atoms with Crippen molar-refractivity contribution in [3.63, 3.8) is 0 Å². The number of ether oxygens (including phenoxy) is 1. The van der Waals surface area contributed by atoms with Crippen LogP contribution in [0.1, 0.15) is 39.0 Å². The van der Waals surface area contributed by atoms with E-state index in [1.54, 1.807) is 0 Å². The fourth-order valence-corrected chi connectivity index (χ4v) is 2.86. The van der Waals surface area contributed by atoms with E-state index >= 15 is 0 Å². The topological polar surface area (TPSA) is 41.6 Å². The van der Waals surface area contributed by atoms with Gasteiger partial charge in [0.15, 0.2) is 0 Å². The van der Waals surface area contributed by atoms with Crippen LogP contribution >= 0.6 is 0 Å². The number of carbonyl (C=O) groups excluding carboxylic acids is 1. The molecule has 0 aliphatic carbocycles. The van der Waals surface area contributed by atoms with E-state index in [9.17, 15) is 4.79 Å². The Morgan fingerprint density at radius 3 is 2.72 bits per heavy atom. The largest absolute Gasteiger partial charge is 0.378 e. The third kappa shape index (κ3) is 3.95. The Kier molecular flexibility index (Phi) is 5.45. The fraction of sp³-hybridized carbons (Fsp3) is 0.929. The smallest absolute Gasteiger partial charge is 0.225 e. The first-order valence-corrected chi connectivity index (χ1v) is 7.39. The second kappa shape index (κ2) is 7.10. The molecule has 4 nitrogen and oxygen atoms in total. The van der Waals surface area contributed by atoms with Gasteiger partial charge in [0.1, 0.15) is 0 Å². The zero-order chi connectivity index (χ0) is 12.8. The maximum atomic E-state index is 12.1. The highest BCUT2D eigenvalue weighted by molar-refractivity contribution is 5.76. The van der Waals surface area contributed by atoms with E-state index < -0.39 is 0 Å². The Morgan fingerprint density at radius 2 is 2.11 bits per heavy atom. The summed E-state index contributed by atoms with van der Waals surface area (Å²) in [6.45, 7) is 6.98. The molecule has 0 aromatic carbocycles. The number of carbonyl (C=O) groups is 1. The molecule has 1 atom stereocenters. The summed E-state index contributed by atoms with van der Waals surface area (Å²) in [5.74, 6) is 1.04. The number of nitrogens with zero attached hydrogens (tertiary/aromatic N) is 1. The standard InChI is InChI=1S/C14H26N2O2/c1-2-15-11-12-5-7-16(8-6-12)14(17)10-13-4-3-9-18-13/h12-13,15H,2-11H2,1H3. The maximum absolute atomic E-state index is 12.1. The molecule has 2 rings (SSSR count). The van der Waals surface area contributed by atoms with Gasteiger partial charge in [0.05, 0.1) is 12.5 Å². The van der Waals surface area contributed by atoms with Crippen molar-refractivity contribution in [1.29, 1.82) is 0 Å². The van der Waals surface area contributed by atoms with Crippen molar-refractivity contribution < 1.29 is 9.53 Å². The molecule has 2 aliphatic rings. The molecule has 2 saturated heterocycles. The summed E-state index contributed by atoms with van der Waals surface area (Å²) in [6.07, 6.45) is 5.24. The van der Waals surface area contributed by atoms with Gasteiger partial charge < -0.3 is 15.0 Å². The lowest BCUT2D eigenvalue weighted by atomic mass is 9.96. The number of amides is 1. The molecule has 2 fully saturated rings. The quantitative estimate of drug-likeness (QED) is 0.806. The van der Waals surface area contributed by atoms with Gasteiger partial charge in [-0.1, -0.05) is 6.92 Å². The second-order valence-corrected chi connectivity index (χ2v) is 5.47. The van der Waals surface area contributed by atoms with E-state index in [4.69, 9.17) is 4.74 Å². The Hall–Kier alpha value is -0.610. The Bertz CT molecular complexity index is 257. The maximum Gasteiger partial charge on any atom is 0.225 e. The van der Waals surface area contributed by atoms with E-state index in [0.29, 0.717) is 12.3 Å². The Balaban J connectivity index is 1.66. The van der Waals surface area contributed by atoms with Crippen LogP contribution in [0.3, 0.4) is 0 Å². The Labute approximate surface area is 110 Å². The number of hydrogen-bond donors (Lipinski definition) is 1. The molecule has 0 radical (unpaired) electrons. The summed E-state index contributed by atoms with van der Waals surface area (Å²) >= 11 is 0. The van der Waals surface area contributed by atoms with Crippen LogP contribution in [0.15, 0.2) is 0 Å². The molecule has 2 aliphatic heterocycles. The SMILES string of the molecule is CCNCC1CCN(C(=O)CC2CCCO2)CC1. The Morgan fingerprint density at radius 1 is 1.33 bits per heavy atom. The predicted molar refractivity (Wildman–Crippen MR) is 71.4 cm³/mol. The lowest BCUT2D eigenvalue weighted by Crippen LogP contribution is -2.41. The molecular weight excluding hydrogens is 228 g/mol. The number of rotatable bonds is 5. The van der Waals surface area contributed by atoms with Gasteiger partial charge in [-0.2, -0.15) is 0 Å². The summed E-state index contributed by atoms with van der Waals surface area (Å²) < 4.78 is 5.53. The molecule has 0 spiro atoms. The average Bonchev–Trinajstić information content (AvgIpc) is 2.89. The molecule has 18 heavy (non-hydrogen) atoms. The third-order valence-electron chi connectivity index (χ3n) is 4.08. The number of likely N-dealkylation sites (tertiary alicyclic amines) is 1. The molecule has 104 valence electrons. The third-order valence-corrected chi connectivity index (χ3v) is 4.08. The number of hydrogen-bond acceptors (Lipinski definition) is 3. The van der Waals surface area contributed by atoms with Gasteiger partial charge in [0.2, 0.25) is 5.91 Å². The summed E-state index contributed by atoms with van der Waals surface area (Å²) in [5, 5.41) is 3.40. The predicted octanol–water partition coefficient (Wildman–Crippen LogP) is 1.40. The molecule has 1 amide bonds. The first-order valence-electron chi connectivity index (χ1n) is 7.39. The first-order chi connectivity index (χ1) is 8.79. The monoisotopic (exact) mass is 254 g/mol. The van der Waals surface area contributed by atoms with E-state index in [1.165, 1.54) is 0 Å². The minimum Gasteiger partial charge on any atom is -0.378 e. The van der Waals surface area contributed by atoms with Crippen molar-refractivity contribution in [3.05, 3.63) is 0 Å². The van der Waals surface area contributed by atoms with Gasteiger partial charge in [0, 0.05) is 19.7 Å². The van der Waals surface area contributed by atoms with Gasteiger partial charge in [-0.3, -0.25) is 4.79 Å². The van der Waals surface area contributed by atoms with Gasteiger partial charge >= 0.3 is 0 Å². The fourth-order valence-electron chi connectivity index (χ4n) is 2.86. The van der Waals surface area contributed by atoms with Crippen LogP contribution in [-0.4, -0.2) is 49.7 Å². The van der Waals surface area contributed by atoms with Crippen LogP contribution in [0.5, 0.6) is 0 Å². The molecule has 1 N–H and O–H groups in total. The molecule has 2 heterocycles. The lowest BCUT2D eigenvalue weighted by Gasteiger charge is -2.32. The second-order valence-electron chi connectivity index (χ2n) is 5.47. The van der Waals surface area contributed by atoms with Crippen LogP contribution in [0.25, 0.3) is 0 Å². The van der Waals surface area contributed by atoms with Gasteiger partial charge in [-0.05, 0) is 44.7 Å². The van der Waals surface area contributed by atoms with Crippen molar-refractivity contribution >= 4 is 5.91 Å². The van der Waals surface area contributed by atoms with Gasteiger partial charge in [-0.25, -0.2) is 0 Å². The molecule has 0 saturated carbocycles. The van der Waals surface area contributed by atoms with Crippen LogP contribution in [0.4, 0.5) is 0 Å². The summed E-state index contributed by atoms with van der Waals surface area (Å²) in [6, 6.07) is 0. The highest BCUT2D eigenvalue weighted by Gasteiger charge is 2.26. The van der Waals surface area contributed by atoms with Crippen molar-refractivity contribution in [2.75, 3.05) is 32.8 Å². The van der Waals surface area contributed by atoms with Crippen LogP contribution in [-0.2, 0) is 9.53 Å².